The van der Waals surface area contributed by atoms with Gasteiger partial charge in [0.25, 0.3) is 5.91 Å². The van der Waals surface area contributed by atoms with E-state index in [9.17, 15) is 9.18 Å². The van der Waals surface area contributed by atoms with Crippen molar-refractivity contribution < 1.29 is 9.18 Å². The highest BCUT2D eigenvalue weighted by Gasteiger charge is 2.26. The van der Waals surface area contributed by atoms with Gasteiger partial charge in [-0.05, 0) is 17.7 Å². The summed E-state index contributed by atoms with van der Waals surface area (Å²) >= 11 is 5.80. The molecule has 1 heterocycles. The van der Waals surface area contributed by atoms with Crippen molar-refractivity contribution in [2.45, 2.75) is 5.92 Å². The van der Waals surface area contributed by atoms with Crippen LogP contribution in [0.2, 0.25) is 5.02 Å². The first-order chi connectivity index (χ1) is 6.68. The average molecular weight is 213 g/mol. The van der Waals surface area contributed by atoms with Crippen LogP contribution in [0.25, 0.3) is 0 Å². The van der Waals surface area contributed by atoms with Gasteiger partial charge in [-0.2, -0.15) is 5.11 Å². The lowest BCUT2D eigenvalue weighted by molar-refractivity contribution is -0.118. The molecule has 2 rings (SSSR count). The van der Waals surface area contributed by atoms with Gasteiger partial charge in [0.2, 0.25) is 0 Å². The van der Waals surface area contributed by atoms with Gasteiger partial charge in [0, 0.05) is 5.02 Å². The van der Waals surface area contributed by atoms with Gasteiger partial charge in [-0.15, -0.1) is 5.11 Å². The van der Waals surface area contributed by atoms with E-state index in [4.69, 9.17) is 11.6 Å². The number of nitrogens with zero attached hydrogens (tertiary/aromatic N) is 2. The first-order valence-electron chi connectivity index (χ1n) is 4.05. The molecule has 5 heteroatoms. The summed E-state index contributed by atoms with van der Waals surface area (Å²) in [5, 5.41) is 7.25. The maximum Gasteiger partial charge on any atom is 0.273 e. The second-order valence-corrected chi connectivity index (χ2v) is 3.39. The van der Waals surface area contributed by atoms with E-state index in [1.165, 1.54) is 18.2 Å². The fourth-order valence-electron chi connectivity index (χ4n) is 1.36. The largest absolute Gasteiger partial charge is 0.273 e. The third kappa shape index (κ3) is 1.53. The summed E-state index contributed by atoms with van der Waals surface area (Å²) in [6, 6.07) is 3.95. The van der Waals surface area contributed by atoms with Gasteiger partial charge in [-0.1, -0.05) is 17.7 Å². The third-order valence-corrected chi connectivity index (χ3v) is 2.40. The Balaban J connectivity index is 2.37. The zero-order valence-electron chi connectivity index (χ0n) is 7.08. The molecule has 1 unspecified atom stereocenters. The molecule has 1 atom stereocenters. The van der Waals surface area contributed by atoms with Crippen LogP contribution in [0.4, 0.5) is 4.39 Å². The Bertz CT molecular complexity index is 419. The molecule has 0 spiro atoms. The maximum atomic E-state index is 12.7. The smallest absolute Gasteiger partial charge is 0.270 e. The van der Waals surface area contributed by atoms with E-state index in [0.717, 1.165) is 0 Å². The van der Waals surface area contributed by atoms with Crippen LogP contribution in [0.3, 0.4) is 0 Å². The molecule has 1 aliphatic rings. The molecule has 1 aliphatic heterocycles. The van der Waals surface area contributed by atoms with E-state index in [0.29, 0.717) is 12.1 Å². The van der Waals surface area contributed by atoms with Crippen LogP contribution in [0.15, 0.2) is 28.4 Å². The Morgan fingerprint density at radius 2 is 2.29 bits per heavy atom. The Hall–Kier alpha value is -1.29. The molecular formula is C9H6ClFN2O. The van der Waals surface area contributed by atoms with E-state index in [-0.39, 0.29) is 10.9 Å². The van der Waals surface area contributed by atoms with Gasteiger partial charge in [-0.3, -0.25) is 4.79 Å². The fourth-order valence-corrected chi connectivity index (χ4v) is 1.65. The number of azo groups is 1. The van der Waals surface area contributed by atoms with Crippen LogP contribution in [-0.4, -0.2) is 12.5 Å². The number of carbonyl (C=O) groups is 1. The fraction of sp³-hybridized carbons (Fsp3) is 0.222. The normalized spacial score (nSPS) is 20.4. The zero-order valence-corrected chi connectivity index (χ0v) is 7.83. The first kappa shape index (κ1) is 9.27. The van der Waals surface area contributed by atoms with E-state index in [2.05, 4.69) is 10.2 Å². The predicted octanol–water partition coefficient (Wildman–Crippen LogP) is 2.56. The summed E-state index contributed by atoms with van der Waals surface area (Å²) in [5.74, 6) is -1.18. The monoisotopic (exact) mass is 212 g/mol. The zero-order chi connectivity index (χ0) is 10.1. The van der Waals surface area contributed by atoms with Crippen LogP contribution in [0.1, 0.15) is 11.5 Å². The van der Waals surface area contributed by atoms with Crippen LogP contribution in [0.5, 0.6) is 0 Å². The van der Waals surface area contributed by atoms with Crippen molar-refractivity contribution in [2.75, 3.05) is 6.54 Å². The Morgan fingerprint density at radius 3 is 2.86 bits per heavy atom. The van der Waals surface area contributed by atoms with Crippen LogP contribution in [0, 0.1) is 5.82 Å². The lowest BCUT2D eigenvalue weighted by atomic mass is 9.99. The lowest BCUT2D eigenvalue weighted by Crippen LogP contribution is -2.08. The molecular weight excluding hydrogens is 207 g/mol. The summed E-state index contributed by atoms with van der Waals surface area (Å²) in [7, 11) is 0. The van der Waals surface area contributed by atoms with Crippen LogP contribution >= 0.6 is 11.6 Å². The topological polar surface area (TPSA) is 41.8 Å². The third-order valence-electron chi connectivity index (χ3n) is 2.07. The molecule has 0 fully saturated rings. The molecule has 0 bridgehead atoms. The minimum Gasteiger partial charge on any atom is -0.270 e. The van der Waals surface area contributed by atoms with E-state index < -0.39 is 11.7 Å². The molecule has 3 nitrogen and oxygen atoms in total. The summed E-state index contributed by atoms with van der Waals surface area (Å²) in [4.78, 5) is 11.2. The van der Waals surface area contributed by atoms with Gasteiger partial charge in [0.05, 0.1) is 12.5 Å². The summed E-state index contributed by atoms with van der Waals surface area (Å²) in [6.07, 6.45) is 0. The molecule has 1 aromatic carbocycles. The van der Waals surface area contributed by atoms with E-state index in [1.54, 1.807) is 0 Å². The SMILES string of the molecule is O=C1N=NCC1c1ccc(F)cc1Cl. The second-order valence-electron chi connectivity index (χ2n) is 2.98. The van der Waals surface area contributed by atoms with Crippen LogP contribution < -0.4 is 0 Å². The predicted molar refractivity (Wildman–Crippen MR) is 48.9 cm³/mol. The van der Waals surface area contributed by atoms with Gasteiger partial charge in [0.1, 0.15) is 5.82 Å². The van der Waals surface area contributed by atoms with Crippen molar-refractivity contribution in [3.05, 3.63) is 34.6 Å². The summed E-state index contributed by atoms with van der Waals surface area (Å²) in [5.41, 5.74) is 0.586. The number of hydrogen-bond acceptors (Lipinski definition) is 2. The number of benzene rings is 1. The summed E-state index contributed by atoms with van der Waals surface area (Å²) in [6.45, 7) is 0.296. The van der Waals surface area contributed by atoms with Crippen molar-refractivity contribution in [1.82, 2.24) is 0 Å². The van der Waals surface area contributed by atoms with Crippen molar-refractivity contribution in [1.29, 1.82) is 0 Å². The molecule has 0 N–H and O–H groups in total. The molecule has 0 saturated heterocycles. The highest BCUT2D eigenvalue weighted by molar-refractivity contribution is 6.31. The van der Waals surface area contributed by atoms with Crippen molar-refractivity contribution >= 4 is 17.5 Å². The highest BCUT2D eigenvalue weighted by Crippen LogP contribution is 2.29. The van der Waals surface area contributed by atoms with Crippen molar-refractivity contribution in [2.24, 2.45) is 10.2 Å². The molecule has 0 aliphatic carbocycles. The molecule has 0 saturated carbocycles. The Labute approximate surface area is 84.6 Å². The van der Waals surface area contributed by atoms with Crippen molar-refractivity contribution in [3.63, 3.8) is 0 Å². The van der Waals surface area contributed by atoms with Crippen molar-refractivity contribution in [3.8, 4) is 0 Å². The molecule has 0 radical (unpaired) electrons. The summed E-state index contributed by atoms with van der Waals surface area (Å²) < 4.78 is 12.7. The lowest BCUT2D eigenvalue weighted by Gasteiger charge is -2.07. The van der Waals surface area contributed by atoms with Gasteiger partial charge in [0.15, 0.2) is 0 Å². The van der Waals surface area contributed by atoms with Crippen LogP contribution in [-0.2, 0) is 4.79 Å². The Morgan fingerprint density at radius 1 is 1.50 bits per heavy atom. The minimum atomic E-state index is -0.442. The standard InChI is InChI=1S/C9H6ClFN2O/c10-8-3-5(11)1-2-6(8)7-4-12-13-9(7)14/h1-3,7H,4H2. The van der Waals surface area contributed by atoms with Gasteiger partial charge in [-0.25, -0.2) is 4.39 Å². The molecule has 72 valence electrons. The number of halogens is 2. The molecule has 1 aromatic rings. The number of amides is 1. The maximum absolute atomic E-state index is 12.7. The number of hydrogen-bond donors (Lipinski definition) is 0. The highest BCUT2D eigenvalue weighted by atomic mass is 35.5. The molecule has 14 heavy (non-hydrogen) atoms. The minimum absolute atomic E-state index is 0.246. The quantitative estimate of drug-likeness (QED) is 0.705. The molecule has 0 aromatic heterocycles. The number of carbonyl (C=O) groups excluding carboxylic acids is 1. The second kappa shape index (κ2) is 3.46. The van der Waals surface area contributed by atoms with E-state index >= 15 is 0 Å². The first-order valence-corrected chi connectivity index (χ1v) is 4.42. The van der Waals surface area contributed by atoms with E-state index in [1.807, 2.05) is 0 Å². The average Bonchev–Trinajstić information content (AvgIpc) is 2.52. The van der Waals surface area contributed by atoms with Gasteiger partial charge >= 0.3 is 0 Å². The Kier molecular flexibility index (Phi) is 2.29. The number of rotatable bonds is 1. The molecule has 1 amide bonds. The van der Waals surface area contributed by atoms with Gasteiger partial charge < -0.3 is 0 Å².